The van der Waals surface area contributed by atoms with Gasteiger partial charge in [0.05, 0.1) is 6.04 Å². The molecule has 0 fully saturated rings. The van der Waals surface area contributed by atoms with Crippen LogP contribution in [0, 0.1) is 0 Å². The standard InChI is InChI=1S/C15H18ClN5O/c1-21(2)10-13(11-5-7-12(16)8-6-11)18-15(22)19-14-4-3-9-17-20-14/h3-9,13H,10H2,1-2H3,(H2,18,19,20,22)/t13-/m0/s1. The lowest BCUT2D eigenvalue weighted by atomic mass is 10.1. The van der Waals surface area contributed by atoms with Crippen LogP contribution >= 0.6 is 11.6 Å². The number of anilines is 1. The fourth-order valence-electron chi connectivity index (χ4n) is 1.97. The third-order valence-corrected chi connectivity index (χ3v) is 3.19. The van der Waals surface area contributed by atoms with Gasteiger partial charge in [0.1, 0.15) is 0 Å². The number of amides is 2. The minimum absolute atomic E-state index is 0.163. The molecule has 1 heterocycles. The molecule has 0 saturated carbocycles. The molecule has 1 aromatic carbocycles. The average molecular weight is 320 g/mol. The van der Waals surface area contributed by atoms with Gasteiger partial charge in [0.15, 0.2) is 5.82 Å². The van der Waals surface area contributed by atoms with Crippen molar-refractivity contribution in [3.05, 3.63) is 53.2 Å². The first-order valence-corrected chi connectivity index (χ1v) is 7.18. The second-order valence-electron chi connectivity index (χ2n) is 5.07. The van der Waals surface area contributed by atoms with Crippen LogP contribution in [0.25, 0.3) is 0 Å². The molecule has 22 heavy (non-hydrogen) atoms. The Morgan fingerprint density at radius 2 is 2.00 bits per heavy atom. The molecular formula is C15H18ClN5O. The van der Waals surface area contributed by atoms with Gasteiger partial charge in [0.25, 0.3) is 0 Å². The maximum absolute atomic E-state index is 12.1. The topological polar surface area (TPSA) is 70.2 Å². The summed E-state index contributed by atoms with van der Waals surface area (Å²) in [5.41, 5.74) is 0.979. The summed E-state index contributed by atoms with van der Waals surface area (Å²) in [4.78, 5) is 14.1. The van der Waals surface area contributed by atoms with Gasteiger partial charge in [0.2, 0.25) is 0 Å². The average Bonchev–Trinajstić information content (AvgIpc) is 2.48. The van der Waals surface area contributed by atoms with E-state index >= 15 is 0 Å². The molecule has 0 spiro atoms. The van der Waals surface area contributed by atoms with E-state index in [1.54, 1.807) is 18.3 Å². The summed E-state index contributed by atoms with van der Waals surface area (Å²) in [6.45, 7) is 0.662. The zero-order chi connectivity index (χ0) is 15.9. The summed E-state index contributed by atoms with van der Waals surface area (Å²) in [5, 5.41) is 13.8. The van der Waals surface area contributed by atoms with Gasteiger partial charge in [0, 0.05) is 17.8 Å². The Kier molecular flexibility index (Phi) is 5.68. The van der Waals surface area contributed by atoms with Gasteiger partial charge in [-0.3, -0.25) is 5.32 Å². The van der Waals surface area contributed by atoms with Crippen molar-refractivity contribution < 1.29 is 4.79 Å². The fourth-order valence-corrected chi connectivity index (χ4v) is 2.10. The monoisotopic (exact) mass is 319 g/mol. The molecule has 2 N–H and O–H groups in total. The Morgan fingerprint density at radius 1 is 1.27 bits per heavy atom. The Morgan fingerprint density at radius 3 is 2.59 bits per heavy atom. The fraction of sp³-hybridized carbons (Fsp3) is 0.267. The van der Waals surface area contributed by atoms with Gasteiger partial charge in [-0.25, -0.2) is 4.79 Å². The quantitative estimate of drug-likeness (QED) is 0.888. The lowest BCUT2D eigenvalue weighted by Crippen LogP contribution is -2.38. The number of carbonyl (C=O) groups excluding carboxylic acids is 1. The number of likely N-dealkylation sites (N-methyl/N-ethyl adjacent to an activating group) is 1. The van der Waals surface area contributed by atoms with Crippen LogP contribution in [0.2, 0.25) is 5.02 Å². The van der Waals surface area contributed by atoms with Crippen LogP contribution in [0.5, 0.6) is 0 Å². The Labute approximate surface area is 134 Å². The molecule has 0 saturated heterocycles. The molecule has 1 atom stereocenters. The van der Waals surface area contributed by atoms with Crippen molar-refractivity contribution in [1.29, 1.82) is 0 Å². The highest BCUT2D eigenvalue weighted by Crippen LogP contribution is 2.17. The minimum atomic E-state index is -0.331. The normalized spacial score (nSPS) is 12.0. The maximum Gasteiger partial charge on any atom is 0.320 e. The summed E-state index contributed by atoms with van der Waals surface area (Å²) < 4.78 is 0. The summed E-state index contributed by atoms with van der Waals surface area (Å²) in [6, 6.07) is 10.3. The van der Waals surface area contributed by atoms with Gasteiger partial charge in [-0.2, -0.15) is 5.10 Å². The van der Waals surface area contributed by atoms with E-state index in [-0.39, 0.29) is 12.1 Å². The third kappa shape index (κ3) is 4.98. The van der Waals surface area contributed by atoms with Crippen molar-refractivity contribution in [1.82, 2.24) is 20.4 Å². The van der Waals surface area contributed by atoms with Crippen molar-refractivity contribution in [3.63, 3.8) is 0 Å². The molecule has 0 aliphatic rings. The second-order valence-corrected chi connectivity index (χ2v) is 5.51. The molecule has 2 amide bonds. The molecule has 2 rings (SSSR count). The van der Waals surface area contributed by atoms with Gasteiger partial charge in [-0.1, -0.05) is 23.7 Å². The summed E-state index contributed by atoms with van der Waals surface area (Å²) >= 11 is 5.91. The smallest absolute Gasteiger partial charge is 0.320 e. The first-order chi connectivity index (χ1) is 10.5. The highest BCUT2D eigenvalue weighted by atomic mass is 35.5. The van der Waals surface area contributed by atoms with Crippen LogP contribution < -0.4 is 10.6 Å². The number of nitrogens with zero attached hydrogens (tertiary/aromatic N) is 3. The van der Waals surface area contributed by atoms with E-state index in [1.165, 1.54) is 0 Å². The van der Waals surface area contributed by atoms with Crippen molar-refractivity contribution >= 4 is 23.4 Å². The van der Waals surface area contributed by atoms with Crippen molar-refractivity contribution in [2.24, 2.45) is 0 Å². The van der Waals surface area contributed by atoms with Crippen LogP contribution in [0.4, 0.5) is 10.6 Å². The molecule has 6 nitrogen and oxygen atoms in total. The first-order valence-electron chi connectivity index (χ1n) is 6.80. The lowest BCUT2D eigenvalue weighted by Gasteiger charge is -2.23. The minimum Gasteiger partial charge on any atom is -0.330 e. The number of rotatable bonds is 5. The molecular weight excluding hydrogens is 302 g/mol. The first kappa shape index (κ1) is 16.2. The number of benzene rings is 1. The van der Waals surface area contributed by atoms with E-state index in [0.717, 1.165) is 5.56 Å². The van der Waals surface area contributed by atoms with E-state index in [9.17, 15) is 4.79 Å². The largest absolute Gasteiger partial charge is 0.330 e. The zero-order valence-electron chi connectivity index (χ0n) is 12.5. The lowest BCUT2D eigenvalue weighted by molar-refractivity contribution is 0.244. The molecule has 7 heteroatoms. The van der Waals surface area contributed by atoms with Crippen molar-refractivity contribution in [3.8, 4) is 0 Å². The molecule has 0 aliphatic heterocycles. The van der Waals surface area contributed by atoms with Crippen LogP contribution in [0.1, 0.15) is 11.6 Å². The van der Waals surface area contributed by atoms with E-state index in [4.69, 9.17) is 11.6 Å². The number of hydrogen-bond donors (Lipinski definition) is 2. The number of hydrogen-bond acceptors (Lipinski definition) is 4. The second kappa shape index (κ2) is 7.72. The molecule has 0 bridgehead atoms. The third-order valence-electron chi connectivity index (χ3n) is 2.94. The Bertz CT molecular complexity index is 603. The highest BCUT2D eigenvalue weighted by Gasteiger charge is 2.16. The predicted molar refractivity (Wildman–Crippen MR) is 86.9 cm³/mol. The van der Waals surface area contributed by atoms with Crippen LogP contribution in [0.15, 0.2) is 42.6 Å². The predicted octanol–water partition coefficient (Wildman–Crippen LogP) is 2.55. The maximum atomic E-state index is 12.1. The summed E-state index contributed by atoms with van der Waals surface area (Å²) in [7, 11) is 3.90. The molecule has 0 radical (unpaired) electrons. The van der Waals surface area contributed by atoms with Crippen molar-refractivity contribution in [2.75, 3.05) is 26.0 Å². The van der Waals surface area contributed by atoms with Crippen LogP contribution in [-0.2, 0) is 0 Å². The SMILES string of the molecule is CN(C)C[C@H](NC(=O)Nc1cccnn1)c1ccc(Cl)cc1. The Balaban J connectivity index is 2.06. The number of nitrogens with one attached hydrogen (secondary N) is 2. The summed E-state index contributed by atoms with van der Waals surface area (Å²) in [5.74, 6) is 0.403. The Hall–Kier alpha value is -2.18. The van der Waals surface area contributed by atoms with Crippen molar-refractivity contribution in [2.45, 2.75) is 6.04 Å². The van der Waals surface area contributed by atoms with Gasteiger partial charge >= 0.3 is 6.03 Å². The molecule has 0 aliphatic carbocycles. The van der Waals surface area contributed by atoms with Gasteiger partial charge in [-0.05, 0) is 43.9 Å². The van der Waals surface area contributed by atoms with E-state index in [0.29, 0.717) is 17.4 Å². The number of urea groups is 1. The van der Waals surface area contributed by atoms with Gasteiger partial charge in [-0.15, -0.1) is 5.10 Å². The highest BCUT2D eigenvalue weighted by molar-refractivity contribution is 6.30. The van der Waals surface area contributed by atoms with E-state index < -0.39 is 0 Å². The number of halogens is 1. The van der Waals surface area contributed by atoms with E-state index in [1.807, 2.05) is 43.3 Å². The molecule has 1 aromatic heterocycles. The number of carbonyl (C=O) groups is 1. The van der Waals surface area contributed by atoms with Crippen LogP contribution in [0.3, 0.4) is 0 Å². The summed E-state index contributed by atoms with van der Waals surface area (Å²) in [6.07, 6.45) is 1.55. The van der Waals surface area contributed by atoms with Gasteiger partial charge < -0.3 is 10.2 Å². The molecule has 116 valence electrons. The molecule has 0 unspecified atom stereocenters. The van der Waals surface area contributed by atoms with Crippen LogP contribution in [-0.4, -0.2) is 41.8 Å². The van der Waals surface area contributed by atoms with E-state index in [2.05, 4.69) is 20.8 Å². The zero-order valence-corrected chi connectivity index (χ0v) is 13.2. The molecule has 2 aromatic rings. The number of aromatic nitrogens is 2.